The van der Waals surface area contributed by atoms with Crippen molar-refractivity contribution in [2.75, 3.05) is 0 Å². The van der Waals surface area contributed by atoms with E-state index in [4.69, 9.17) is 23.2 Å². The predicted octanol–water partition coefficient (Wildman–Crippen LogP) is 6.85. The average molecular weight is 516 g/mol. The Morgan fingerprint density at radius 1 is 1.06 bits per heavy atom. The van der Waals surface area contributed by atoms with Gasteiger partial charge in [0.15, 0.2) is 0 Å². The number of imide groups is 1. The summed E-state index contributed by atoms with van der Waals surface area (Å²) in [5, 5.41) is 11.6. The Kier molecular flexibility index (Phi) is 6.58. The second-order valence-corrected chi connectivity index (χ2v) is 9.73. The van der Waals surface area contributed by atoms with Crippen LogP contribution in [0.25, 0.3) is 11.8 Å². The summed E-state index contributed by atoms with van der Waals surface area (Å²) in [6, 6.07) is 11.5. The zero-order valence-corrected chi connectivity index (χ0v) is 20.8. The van der Waals surface area contributed by atoms with E-state index in [0.29, 0.717) is 20.5 Å². The van der Waals surface area contributed by atoms with Crippen LogP contribution in [0.15, 0.2) is 47.4 Å². The molecule has 1 aliphatic rings. The van der Waals surface area contributed by atoms with Crippen LogP contribution in [0.4, 0.5) is 10.5 Å². The molecule has 3 aromatic rings. The molecule has 0 aliphatic carbocycles. The average Bonchev–Trinajstić information content (AvgIpc) is 3.19. The van der Waals surface area contributed by atoms with Gasteiger partial charge in [-0.05, 0) is 79.6 Å². The van der Waals surface area contributed by atoms with Crippen molar-refractivity contribution in [1.29, 1.82) is 0 Å². The van der Waals surface area contributed by atoms with Gasteiger partial charge in [-0.25, -0.2) is 0 Å². The van der Waals surface area contributed by atoms with E-state index in [2.05, 4.69) is 0 Å². The molecule has 10 heteroatoms. The monoisotopic (exact) mass is 515 g/mol. The maximum absolute atomic E-state index is 13.0. The molecule has 1 aliphatic heterocycles. The van der Waals surface area contributed by atoms with Gasteiger partial charge in [0.05, 0.1) is 16.4 Å². The number of nitrogens with zero attached hydrogens (tertiary/aromatic N) is 3. The standard InChI is InChI=1S/C24H19Cl2N3O4S/c1-13-8-19(29(32)33)6-7-21(13)28-14(2)9-17(15(28)3)10-22-23(30)27(24(31)34-22)12-16-4-5-18(25)11-20(16)26/h4-11H,12H2,1-3H3/b22-10-. The third-order valence-electron chi connectivity index (χ3n) is 5.61. The van der Waals surface area contributed by atoms with Crippen molar-refractivity contribution in [3.63, 3.8) is 0 Å². The van der Waals surface area contributed by atoms with Crippen molar-refractivity contribution < 1.29 is 14.5 Å². The molecule has 0 radical (unpaired) electrons. The van der Waals surface area contributed by atoms with Gasteiger partial charge in [-0.3, -0.25) is 24.6 Å². The molecule has 1 saturated heterocycles. The Hall–Kier alpha value is -3.07. The van der Waals surface area contributed by atoms with E-state index in [1.165, 1.54) is 12.1 Å². The second kappa shape index (κ2) is 9.29. The molecule has 34 heavy (non-hydrogen) atoms. The Labute approximate surface area is 210 Å². The lowest BCUT2D eigenvalue weighted by Crippen LogP contribution is -2.27. The summed E-state index contributed by atoms with van der Waals surface area (Å²) >= 11 is 13.0. The summed E-state index contributed by atoms with van der Waals surface area (Å²) in [7, 11) is 0. The number of aryl methyl sites for hydroxylation is 2. The number of halogens is 2. The van der Waals surface area contributed by atoms with E-state index in [9.17, 15) is 19.7 Å². The molecule has 4 rings (SSSR count). The number of nitro groups is 1. The molecule has 2 heterocycles. The number of aromatic nitrogens is 1. The predicted molar refractivity (Wildman–Crippen MR) is 135 cm³/mol. The van der Waals surface area contributed by atoms with Gasteiger partial charge in [-0.2, -0.15) is 0 Å². The topological polar surface area (TPSA) is 85.4 Å². The van der Waals surface area contributed by atoms with Crippen LogP contribution in [0.5, 0.6) is 0 Å². The van der Waals surface area contributed by atoms with Crippen LogP contribution >= 0.6 is 35.0 Å². The Bertz CT molecular complexity index is 1400. The molecule has 1 aromatic heterocycles. The lowest BCUT2D eigenvalue weighted by atomic mass is 10.1. The first kappa shape index (κ1) is 24.1. The van der Waals surface area contributed by atoms with Gasteiger partial charge < -0.3 is 4.57 Å². The molecule has 2 amide bonds. The maximum Gasteiger partial charge on any atom is 0.293 e. The van der Waals surface area contributed by atoms with Gasteiger partial charge in [0.2, 0.25) is 0 Å². The van der Waals surface area contributed by atoms with Crippen LogP contribution in [-0.4, -0.2) is 25.5 Å². The van der Waals surface area contributed by atoms with Crippen molar-refractivity contribution in [2.45, 2.75) is 27.3 Å². The third-order valence-corrected chi connectivity index (χ3v) is 7.10. The van der Waals surface area contributed by atoms with Crippen molar-refractivity contribution in [3.8, 4) is 5.69 Å². The summed E-state index contributed by atoms with van der Waals surface area (Å²) in [6.07, 6.45) is 1.70. The third kappa shape index (κ3) is 4.49. The highest BCUT2D eigenvalue weighted by molar-refractivity contribution is 8.18. The number of benzene rings is 2. The Balaban J connectivity index is 1.64. The zero-order valence-electron chi connectivity index (χ0n) is 18.5. The van der Waals surface area contributed by atoms with E-state index in [1.54, 1.807) is 30.3 Å². The largest absolute Gasteiger partial charge is 0.318 e. The van der Waals surface area contributed by atoms with Crippen molar-refractivity contribution in [2.24, 2.45) is 0 Å². The van der Waals surface area contributed by atoms with E-state index < -0.39 is 10.8 Å². The van der Waals surface area contributed by atoms with E-state index >= 15 is 0 Å². The van der Waals surface area contributed by atoms with Crippen LogP contribution in [0, 0.1) is 30.9 Å². The number of non-ortho nitro benzene ring substituents is 1. The minimum Gasteiger partial charge on any atom is -0.318 e. The summed E-state index contributed by atoms with van der Waals surface area (Å²) in [5.74, 6) is -0.391. The normalized spacial score (nSPS) is 15.0. The Morgan fingerprint density at radius 2 is 1.79 bits per heavy atom. The first-order chi connectivity index (χ1) is 16.1. The fraction of sp³-hybridized carbons (Fsp3) is 0.167. The lowest BCUT2D eigenvalue weighted by Gasteiger charge is -2.13. The SMILES string of the molecule is Cc1cc([N+](=O)[O-])ccc1-n1c(C)cc(/C=C2\SC(=O)N(Cc3ccc(Cl)cc3Cl)C2=O)c1C. The summed E-state index contributed by atoms with van der Waals surface area (Å²) in [4.78, 5) is 37.7. The van der Waals surface area contributed by atoms with Crippen molar-refractivity contribution >= 4 is 57.9 Å². The highest BCUT2D eigenvalue weighted by atomic mass is 35.5. The first-order valence-corrected chi connectivity index (χ1v) is 11.8. The number of hydrogen-bond acceptors (Lipinski definition) is 5. The number of thioether (sulfide) groups is 1. The van der Waals surface area contributed by atoms with Crippen LogP contribution < -0.4 is 0 Å². The summed E-state index contributed by atoms with van der Waals surface area (Å²) in [5.41, 5.74) is 4.74. The quantitative estimate of drug-likeness (QED) is 0.210. The minimum absolute atomic E-state index is 0.0263. The molecule has 0 bridgehead atoms. The van der Waals surface area contributed by atoms with Gasteiger partial charge in [-0.15, -0.1) is 0 Å². The van der Waals surface area contributed by atoms with Crippen LogP contribution in [0.2, 0.25) is 10.0 Å². The van der Waals surface area contributed by atoms with E-state index in [1.807, 2.05) is 31.4 Å². The molecule has 174 valence electrons. The number of rotatable bonds is 5. The molecule has 0 N–H and O–H groups in total. The van der Waals surface area contributed by atoms with E-state index in [0.717, 1.165) is 44.9 Å². The summed E-state index contributed by atoms with van der Waals surface area (Å²) < 4.78 is 1.97. The number of amides is 2. The molecule has 2 aromatic carbocycles. The first-order valence-electron chi connectivity index (χ1n) is 10.2. The van der Waals surface area contributed by atoms with E-state index in [-0.39, 0.29) is 17.5 Å². The number of carbonyl (C=O) groups excluding carboxylic acids is 2. The lowest BCUT2D eigenvalue weighted by molar-refractivity contribution is -0.384. The fourth-order valence-corrected chi connectivity index (χ4v) is 5.20. The van der Waals surface area contributed by atoms with Gasteiger partial charge in [-0.1, -0.05) is 29.3 Å². The molecule has 0 atom stereocenters. The fourth-order valence-electron chi connectivity index (χ4n) is 3.91. The van der Waals surface area contributed by atoms with Crippen LogP contribution in [0.1, 0.15) is 28.1 Å². The molecule has 0 saturated carbocycles. The number of hydrogen-bond donors (Lipinski definition) is 0. The van der Waals surface area contributed by atoms with Crippen LogP contribution in [-0.2, 0) is 11.3 Å². The molecule has 0 spiro atoms. The zero-order chi connectivity index (χ0) is 24.7. The van der Waals surface area contributed by atoms with Gasteiger partial charge >= 0.3 is 0 Å². The van der Waals surface area contributed by atoms with Gasteiger partial charge in [0.1, 0.15) is 0 Å². The molecular weight excluding hydrogens is 497 g/mol. The van der Waals surface area contributed by atoms with Gasteiger partial charge in [0.25, 0.3) is 16.8 Å². The van der Waals surface area contributed by atoms with Gasteiger partial charge in [0, 0.05) is 39.3 Å². The highest BCUT2D eigenvalue weighted by Crippen LogP contribution is 2.36. The minimum atomic E-state index is -0.426. The smallest absolute Gasteiger partial charge is 0.293 e. The Morgan fingerprint density at radius 3 is 2.44 bits per heavy atom. The summed E-state index contributed by atoms with van der Waals surface area (Å²) in [6.45, 7) is 5.68. The molecular formula is C24H19Cl2N3O4S. The second-order valence-electron chi connectivity index (χ2n) is 7.89. The number of carbonyl (C=O) groups is 2. The van der Waals surface area contributed by atoms with Crippen molar-refractivity contribution in [1.82, 2.24) is 9.47 Å². The molecule has 0 unspecified atom stereocenters. The molecule has 7 nitrogen and oxygen atoms in total. The molecule has 1 fully saturated rings. The van der Waals surface area contributed by atoms with Crippen LogP contribution in [0.3, 0.4) is 0 Å². The number of nitro benzene ring substituents is 1. The van der Waals surface area contributed by atoms with Crippen molar-refractivity contribution in [3.05, 3.63) is 95.6 Å². The highest BCUT2D eigenvalue weighted by Gasteiger charge is 2.35. The maximum atomic E-state index is 13.0.